The molecule has 8 nitrogen and oxygen atoms in total. The van der Waals surface area contributed by atoms with E-state index in [0.717, 1.165) is 17.8 Å². The highest BCUT2D eigenvalue weighted by molar-refractivity contribution is 7.85. The molecule has 9 heteroatoms. The van der Waals surface area contributed by atoms with Gasteiger partial charge in [0.05, 0.1) is 31.3 Å². The van der Waals surface area contributed by atoms with Crippen LogP contribution in [-0.2, 0) is 31.0 Å². The van der Waals surface area contributed by atoms with Crippen LogP contribution in [0.5, 0.6) is 0 Å². The van der Waals surface area contributed by atoms with Gasteiger partial charge in [-0.25, -0.2) is 4.79 Å². The van der Waals surface area contributed by atoms with Crippen LogP contribution in [0.3, 0.4) is 0 Å². The van der Waals surface area contributed by atoms with Crippen LogP contribution in [-0.4, -0.2) is 61.7 Å². The van der Waals surface area contributed by atoms with E-state index < -0.39 is 10.1 Å². The first-order valence-corrected chi connectivity index (χ1v) is 12.3. The summed E-state index contributed by atoms with van der Waals surface area (Å²) in [5.41, 5.74) is 2.30. The van der Waals surface area contributed by atoms with Gasteiger partial charge < -0.3 is 19.3 Å². The summed E-state index contributed by atoms with van der Waals surface area (Å²) in [6.07, 6.45) is 5.23. The minimum Gasteiger partial charge on any atom is -0.455 e. The molecule has 1 heterocycles. The summed E-state index contributed by atoms with van der Waals surface area (Å²) in [7, 11) is -2.06. The van der Waals surface area contributed by atoms with Gasteiger partial charge in [0, 0.05) is 25.0 Å². The molecule has 0 fully saturated rings. The maximum absolute atomic E-state index is 11.8. The number of carbonyl (C=O) groups is 1. The second kappa shape index (κ2) is 13.5. The molecule has 0 aliphatic carbocycles. The van der Waals surface area contributed by atoms with E-state index in [-0.39, 0.29) is 17.0 Å². The molecule has 0 saturated heterocycles. The van der Waals surface area contributed by atoms with E-state index >= 15 is 0 Å². The van der Waals surface area contributed by atoms with Crippen LogP contribution in [0.1, 0.15) is 18.1 Å². The molecule has 3 rings (SSSR count). The lowest BCUT2D eigenvalue weighted by Gasteiger charge is -2.25. The molecule has 1 N–H and O–H groups in total. The standard InChI is InChI=1S/C18H24N2O3.C8H8O3S/c1-15(2)18(21)23-17(11-20-10-9-19(3)14-20)13-22-12-16-7-5-4-6-8-16;1-2-7-3-5-8(6-4-7)12(9,10)11/h4-10,17H,1,11-14H2,2-3H3;2-6H,1H2,(H,9,10,11). The number of carbonyl (C=O) groups excluding carboxylic acids is 1. The summed E-state index contributed by atoms with van der Waals surface area (Å²) >= 11 is 0. The van der Waals surface area contributed by atoms with Crippen molar-refractivity contribution in [1.29, 1.82) is 0 Å². The first-order chi connectivity index (χ1) is 16.6. The van der Waals surface area contributed by atoms with Crippen molar-refractivity contribution in [2.24, 2.45) is 0 Å². The van der Waals surface area contributed by atoms with Gasteiger partial charge in [0.25, 0.3) is 10.1 Å². The van der Waals surface area contributed by atoms with Crippen LogP contribution >= 0.6 is 0 Å². The number of hydrogen-bond donors (Lipinski definition) is 1. The number of nitrogens with zero attached hydrogens (tertiary/aromatic N) is 2. The summed E-state index contributed by atoms with van der Waals surface area (Å²) < 4.78 is 40.9. The van der Waals surface area contributed by atoms with E-state index in [0.29, 0.717) is 25.3 Å². The van der Waals surface area contributed by atoms with Crippen molar-refractivity contribution in [2.75, 3.05) is 26.9 Å². The van der Waals surface area contributed by atoms with Crippen molar-refractivity contribution in [2.45, 2.75) is 24.5 Å². The molecule has 1 aliphatic rings. The average Bonchev–Trinajstić information content (AvgIpc) is 3.24. The van der Waals surface area contributed by atoms with Crippen LogP contribution in [0.2, 0.25) is 0 Å². The van der Waals surface area contributed by atoms with Gasteiger partial charge >= 0.3 is 5.97 Å². The first kappa shape index (κ1) is 27.8. The van der Waals surface area contributed by atoms with E-state index in [9.17, 15) is 13.2 Å². The molecule has 2 aromatic carbocycles. The topological polar surface area (TPSA) is 96.4 Å². The third kappa shape index (κ3) is 10.2. The van der Waals surface area contributed by atoms with Gasteiger partial charge in [0.1, 0.15) is 6.10 Å². The van der Waals surface area contributed by atoms with Gasteiger partial charge in [-0.2, -0.15) is 8.42 Å². The highest BCUT2D eigenvalue weighted by atomic mass is 32.2. The lowest BCUT2D eigenvalue weighted by Crippen LogP contribution is -2.36. The fraction of sp³-hybridized carbons (Fsp3) is 0.269. The summed E-state index contributed by atoms with van der Waals surface area (Å²) in [6, 6.07) is 15.7. The van der Waals surface area contributed by atoms with Crippen molar-refractivity contribution in [3.8, 4) is 0 Å². The number of esters is 1. The molecule has 0 aromatic heterocycles. The van der Waals surface area contributed by atoms with Crippen molar-refractivity contribution >= 4 is 22.2 Å². The molecule has 188 valence electrons. The lowest BCUT2D eigenvalue weighted by molar-refractivity contribution is -0.148. The quantitative estimate of drug-likeness (QED) is 0.298. The van der Waals surface area contributed by atoms with E-state index in [2.05, 4.69) is 23.0 Å². The van der Waals surface area contributed by atoms with Gasteiger partial charge in [0.15, 0.2) is 0 Å². The van der Waals surface area contributed by atoms with E-state index in [1.807, 2.05) is 49.8 Å². The van der Waals surface area contributed by atoms with Crippen molar-refractivity contribution in [3.05, 3.63) is 96.9 Å². The monoisotopic (exact) mass is 500 g/mol. The Morgan fingerprint density at radius 3 is 2.31 bits per heavy atom. The van der Waals surface area contributed by atoms with E-state index in [4.69, 9.17) is 14.0 Å². The van der Waals surface area contributed by atoms with Crippen molar-refractivity contribution in [1.82, 2.24) is 9.80 Å². The summed E-state index contributed by atoms with van der Waals surface area (Å²) in [5, 5.41) is 0. The van der Waals surface area contributed by atoms with E-state index in [1.165, 1.54) is 12.1 Å². The second-order valence-corrected chi connectivity index (χ2v) is 9.45. The molecule has 1 aliphatic heterocycles. The first-order valence-electron chi connectivity index (χ1n) is 10.9. The Morgan fingerprint density at radius 2 is 1.80 bits per heavy atom. The molecular weight excluding hydrogens is 468 g/mol. The SMILES string of the molecule is C=C(C)C(=O)OC(COCc1ccccc1)CN1C=CN(C)C1.C=Cc1ccc(S(=O)(=O)O)cc1. The molecule has 0 saturated carbocycles. The zero-order valence-electron chi connectivity index (χ0n) is 20.0. The Balaban J connectivity index is 0.000000303. The van der Waals surface area contributed by atoms with Gasteiger partial charge in [-0.1, -0.05) is 61.7 Å². The van der Waals surface area contributed by atoms with Gasteiger partial charge in [-0.15, -0.1) is 0 Å². The number of rotatable bonds is 10. The molecule has 35 heavy (non-hydrogen) atoms. The third-order valence-corrected chi connectivity index (χ3v) is 5.69. The predicted molar refractivity (Wildman–Crippen MR) is 136 cm³/mol. The number of ether oxygens (including phenoxy) is 2. The third-order valence-electron chi connectivity index (χ3n) is 4.83. The Labute approximate surface area is 207 Å². The predicted octanol–water partition coefficient (Wildman–Crippen LogP) is 3.94. The van der Waals surface area contributed by atoms with Crippen LogP contribution in [0.15, 0.2) is 90.6 Å². The molecule has 0 amide bonds. The second-order valence-electron chi connectivity index (χ2n) is 8.02. The van der Waals surface area contributed by atoms with Crippen LogP contribution in [0.4, 0.5) is 0 Å². The van der Waals surface area contributed by atoms with Gasteiger partial charge in [0.2, 0.25) is 0 Å². The lowest BCUT2D eigenvalue weighted by atomic mass is 10.2. The Hall–Kier alpha value is -3.40. The Morgan fingerprint density at radius 1 is 1.14 bits per heavy atom. The molecular formula is C26H32N2O6S. The maximum atomic E-state index is 11.8. The summed E-state index contributed by atoms with van der Waals surface area (Å²) in [5.74, 6) is -0.380. The fourth-order valence-corrected chi connectivity index (χ4v) is 3.48. The number of benzene rings is 2. The summed E-state index contributed by atoms with van der Waals surface area (Å²) in [4.78, 5) is 15.8. The Kier molecular flexibility index (Phi) is 10.7. The van der Waals surface area contributed by atoms with Crippen LogP contribution in [0, 0.1) is 0 Å². The minimum atomic E-state index is -4.06. The highest BCUT2D eigenvalue weighted by Crippen LogP contribution is 2.11. The molecule has 1 atom stereocenters. The maximum Gasteiger partial charge on any atom is 0.333 e. The van der Waals surface area contributed by atoms with Gasteiger partial charge in [-0.05, 0) is 30.2 Å². The Bertz CT molecular complexity index is 1110. The number of hydrogen-bond acceptors (Lipinski definition) is 7. The van der Waals surface area contributed by atoms with Gasteiger partial charge in [-0.3, -0.25) is 4.55 Å². The molecule has 0 spiro atoms. The zero-order valence-corrected chi connectivity index (χ0v) is 20.9. The smallest absolute Gasteiger partial charge is 0.333 e. The average molecular weight is 501 g/mol. The molecule has 0 radical (unpaired) electrons. The zero-order chi connectivity index (χ0) is 25.8. The highest BCUT2D eigenvalue weighted by Gasteiger charge is 2.20. The van der Waals surface area contributed by atoms with Crippen molar-refractivity contribution < 1.29 is 27.2 Å². The fourth-order valence-electron chi connectivity index (χ4n) is 3.00. The van der Waals surface area contributed by atoms with Crippen LogP contribution in [0.25, 0.3) is 6.08 Å². The summed E-state index contributed by atoms with van der Waals surface area (Å²) in [6.45, 7) is 11.0. The largest absolute Gasteiger partial charge is 0.455 e. The van der Waals surface area contributed by atoms with Crippen LogP contribution < -0.4 is 0 Å². The van der Waals surface area contributed by atoms with E-state index in [1.54, 1.807) is 25.1 Å². The minimum absolute atomic E-state index is 0.104. The molecule has 2 aromatic rings. The molecule has 1 unspecified atom stereocenters. The van der Waals surface area contributed by atoms with Crippen molar-refractivity contribution in [3.63, 3.8) is 0 Å². The molecule has 0 bridgehead atoms. The normalized spacial score (nSPS) is 13.6.